The third-order valence-corrected chi connectivity index (χ3v) is 3.36. The number of rotatable bonds is 7. The summed E-state index contributed by atoms with van der Waals surface area (Å²) in [6.45, 7) is 7.64. The van der Waals surface area contributed by atoms with Crippen LogP contribution in [-0.4, -0.2) is 42.8 Å². The van der Waals surface area contributed by atoms with Gasteiger partial charge in [-0.25, -0.2) is 9.59 Å². The van der Waals surface area contributed by atoms with Crippen molar-refractivity contribution >= 4 is 12.1 Å². The molecule has 0 N–H and O–H groups in total. The normalized spacial score (nSPS) is 18.4. The molecule has 0 aromatic rings. The van der Waals surface area contributed by atoms with Gasteiger partial charge in [0.1, 0.15) is 6.04 Å². The van der Waals surface area contributed by atoms with E-state index in [0.29, 0.717) is 32.1 Å². The van der Waals surface area contributed by atoms with E-state index in [-0.39, 0.29) is 5.97 Å². The Kier molecular flexibility index (Phi) is 7.41. The third kappa shape index (κ3) is 5.39. The van der Waals surface area contributed by atoms with Crippen molar-refractivity contribution in [1.29, 1.82) is 0 Å². The molecular weight excluding hydrogens is 258 g/mol. The summed E-state index contributed by atoms with van der Waals surface area (Å²) in [4.78, 5) is 25.3. The fourth-order valence-corrected chi connectivity index (χ4v) is 2.26. The molecule has 0 saturated carbocycles. The predicted molar refractivity (Wildman–Crippen MR) is 76.4 cm³/mol. The van der Waals surface area contributed by atoms with Gasteiger partial charge in [0, 0.05) is 6.54 Å². The monoisotopic (exact) mass is 285 g/mol. The standard InChI is InChI=1S/C15H27NO4/c1-4-10-20-15(18)16-9-5-8-13(16)14(17)19-11-6-7-12(2)3/h12-13H,4-11H2,1-3H3. The number of carbonyl (C=O) groups is 2. The first-order valence-corrected chi connectivity index (χ1v) is 7.66. The van der Waals surface area contributed by atoms with Crippen LogP contribution in [0, 0.1) is 5.92 Å². The molecule has 0 aromatic heterocycles. The van der Waals surface area contributed by atoms with Gasteiger partial charge in [0.2, 0.25) is 0 Å². The number of esters is 1. The van der Waals surface area contributed by atoms with E-state index in [1.165, 1.54) is 4.90 Å². The van der Waals surface area contributed by atoms with Crippen molar-refractivity contribution in [2.75, 3.05) is 19.8 Å². The zero-order valence-electron chi connectivity index (χ0n) is 12.9. The predicted octanol–water partition coefficient (Wildman–Crippen LogP) is 2.98. The van der Waals surface area contributed by atoms with Crippen molar-refractivity contribution < 1.29 is 19.1 Å². The lowest BCUT2D eigenvalue weighted by Gasteiger charge is -2.22. The Labute approximate surface area is 121 Å². The van der Waals surface area contributed by atoms with E-state index >= 15 is 0 Å². The number of carbonyl (C=O) groups excluding carboxylic acids is 2. The fourth-order valence-electron chi connectivity index (χ4n) is 2.26. The zero-order valence-corrected chi connectivity index (χ0v) is 12.9. The van der Waals surface area contributed by atoms with Crippen LogP contribution in [0.15, 0.2) is 0 Å². The maximum atomic E-state index is 12.0. The molecule has 1 saturated heterocycles. The van der Waals surface area contributed by atoms with Crippen LogP contribution in [0.25, 0.3) is 0 Å². The van der Waals surface area contributed by atoms with Crippen molar-refractivity contribution in [3.63, 3.8) is 0 Å². The quantitative estimate of drug-likeness (QED) is 0.533. The molecular formula is C15H27NO4. The lowest BCUT2D eigenvalue weighted by atomic mass is 10.1. The van der Waals surface area contributed by atoms with E-state index in [1.807, 2.05) is 6.92 Å². The third-order valence-electron chi connectivity index (χ3n) is 3.36. The topological polar surface area (TPSA) is 55.8 Å². The van der Waals surface area contributed by atoms with Gasteiger partial charge in [-0.3, -0.25) is 4.90 Å². The number of ether oxygens (including phenoxy) is 2. The SMILES string of the molecule is CCCOC(=O)N1CCCC1C(=O)OCCCC(C)C. The molecule has 0 aromatic carbocycles. The van der Waals surface area contributed by atoms with E-state index in [0.717, 1.165) is 25.7 Å². The number of hydrogen-bond donors (Lipinski definition) is 0. The average molecular weight is 285 g/mol. The summed E-state index contributed by atoms with van der Waals surface area (Å²) < 4.78 is 10.4. The first-order chi connectivity index (χ1) is 9.56. The number of nitrogens with zero attached hydrogens (tertiary/aromatic N) is 1. The second kappa shape index (κ2) is 8.82. The minimum atomic E-state index is -0.460. The number of hydrogen-bond acceptors (Lipinski definition) is 4. The van der Waals surface area contributed by atoms with Gasteiger partial charge in [-0.15, -0.1) is 0 Å². The van der Waals surface area contributed by atoms with Crippen LogP contribution in [0.1, 0.15) is 52.9 Å². The maximum Gasteiger partial charge on any atom is 0.410 e. The summed E-state index contributed by atoms with van der Waals surface area (Å²) in [7, 11) is 0. The summed E-state index contributed by atoms with van der Waals surface area (Å²) in [6.07, 6.45) is 3.80. The van der Waals surface area contributed by atoms with Gasteiger partial charge in [0.05, 0.1) is 13.2 Å². The summed E-state index contributed by atoms with van der Waals surface area (Å²) in [5.41, 5.74) is 0. The van der Waals surface area contributed by atoms with E-state index in [4.69, 9.17) is 9.47 Å². The summed E-state index contributed by atoms with van der Waals surface area (Å²) in [5, 5.41) is 0. The van der Waals surface area contributed by atoms with Gasteiger partial charge < -0.3 is 9.47 Å². The Morgan fingerprint density at radius 3 is 2.65 bits per heavy atom. The van der Waals surface area contributed by atoms with Gasteiger partial charge in [0.15, 0.2) is 0 Å². The lowest BCUT2D eigenvalue weighted by molar-refractivity contribution is -0.148. The molecule has 1 aliphatic rings. The van der Waals surface area contributed by atoms with Gasteiger partial charge in [-0.05, 0) is 38.0 Å². The minimum absolute atomic E-state index is 0.292. The van der Waals surface area contributed by atoms with E-state index < -0.39 is 12.1 Å². The molecule has 0 spiro atoms. The van der Waals surface area contributed by atoms with Crippen LogP contribution in [0.5, 0.6) is 0 Å². The molecule has 0 radical (unpaired) electrons. The molecule has 1 amide bonds. The highest BCUT2D eigenvalue weighted by molar-refractivity contribution is 5.82. The molecule has 1 rings (SSSR count). The molecule has 1 unspecified atom stereocenters. The Balaban J connectivity index is 2.35. The molecule has 1 atom stereocenters. The summed E-state index contributed by atoms with van der Waals surface area (Å²) >= 11 is 0. The van der Waals surface area contributed by atoms with Crippen LogP contribution in [0.2, 0.25) is 0 Å². The van der Waals surface area contributed by atoms with E-state index in [2.05, 4.69) is 13.8 Å². The van der Waals surface area contributed by atoms with Crippen LogP contribution in [0.3, 0.4) is 0 Å². The molecule has 20 heavy (non-hydrogen) atoms. The Morgan fingerprint density at radius 1 is 1.25 bits per heavy atom. The second-order valence-electron chi connectivity index (χ2n) is 5.67. The number of amides is 1. The number of likely N-dealkylation sites (tertiary alicyclic amines) is 1. The zero-order chi connectivity index (χ0) is 15.0. The second-order valence-corrected chi connectivity index (χ2v) is 5.67. The van der Waals surface area contributed by atoms with Crippen molar-refractivity contribution in [2.24, 2.45) is 5.92 Å². The highest BCUT2D eigenvalue weighted by atomic mass is 16.6. The van der Waals surface area contributed by atoms with Gasteiger partial charge >= 0.3 is 12.1 Å². The highest BCUT2D eigenvalue weighted by Gasteiger charge is 2.36. The summed E-state index contributed by atoms with van der Waals surface area (Å²) in [5.74, 6) is 0.320. The molecule has 1 heterocycles. The average Bonchev–Trinajstić information content (AvgIpc) is 2.89. The molecule has 5 nitrogen and oxygen atoms in total. The molecule has 0 bridgehead atoms. The van der Waals surface area contributed by atoms with Crippen LogP contribution < -0.4 is 0 Å². The molecule has 0 aliphatic carbocycles. The molecule has 1 fully saturated rings. The Bertz CT molecular complexity index is 317. The van der Waals surface area contributed by atoms with E-state index in [9.17, 15) is 9.59 Å². The van der Waals surface area contributed by atoms with Gasteiger partial charge in [-0.2, -0.15) is 0 Å². The van der Waals surface area contributed by atoms with Crippen molar-refractivity contribution in [1.82, 2.24) is 4.90 Å². The van der Waals surface area contributed by atoms with Crippen molar-refractivity contribution in [3.05, 3.63) is 0 Å². The summed E-state index contributed by atoms with van der Waals surface area (Å²) in [6, 6.07) is -0.460. The molecule has 116 valence electrons. The first kappa shape index (κ1) is 16.8. The van der Waals surface area contributed by atoms with E-state index in [1.54, 1.807) is 0 Å². The van der Waals surface area contributed by atoms with Gasteiger partial charge in [-0.1, -0.05) is 20.8 Å². The largest absolute Gasteiger partial charge is 0.464 e. The highest BCUT2D eigenvalue weighted by Crippen LogP contribution is 2.20. The Hall–Kier alpha value is -1.26. The Morgan fingerprint density at radius 2 is 2.00 bits per heavy atom. The fraction of sp³-hybridized carbons (Fsp3) is 0.867. The van der Waals surface area contributed by atoms with Crippen molar-refractivity contribution in [3.8, 4) is 0 Å². The molecule has 1 aliphatic heterocycles. The van der Waals surface area contributed by atoms with Crippen LogP contribution in [0.4, 0.5) is 4.79 Å². The van der Waals surface area contributed by atoms with Crippen LogP contribution in [-0.2, 0) is 14.3 Å². The molecule has 5 heteroatoms. The smallest absolute Gasteiger partial charge is 0.410 e. The lowest BCUT2D eigenvalue weighted by Crippen LogP contribution is -2.41. The van der Waals surface area contributed by atoms with Crippen molar-refractivity contribution in [2.45, 2.75) is 58.9 Å². The first-order valence-electron chi connectivity index (χ1n) is 7.66. The maximum absolute atomic E-state index is 12.0. The van der Waals surface area contributed by atoms with Crippen LogP contribution >= 0.6 is 0 Å². The minimum Gasteiger partial charge on any atom is -0.464 e. The van der Waals surface area contributed by atoms with Gasteiger partial charge in [0.25, 0.3) is 0 Å².